The third kappa shape index (κ3) is 7.79. The molecule has 0 spiro atoms. The standard InChI is InChI=1S/C32H31F2N3O5S/c33-25-17-23(18-26(34)30(25)42-15-9-1-2-10-16-43(39,40)41)20-28-32(38)37-21-29(24-13-7-4-8-14-24)35-27(31(37)36-28)19-22-11-5-3-6-12-22/h3-8,11-14,17-18,21,28H,1-2,9-10,15-16,19-20H2,(H,39,40,41)/p+1. The third-order valence-corrected chi connectivity index (χ3v) is 8.00. The summed E-state index contributed by atoms with van der Waals surface area (Å²) in [5, 5.41) is 3.24. The van der Waals surface area contributed by atoms with Gasteiger partial charge in [-0.15, -0.1) is 0 Å². The van der Waals surface area contributed by atoms with Crippen molar-refractivity contribution in [3.8, 4) is 17.0 Å². The predicted molar refractivity (Wildman–Crippen MR) is 158 cm³/mol. The van der Waals surface area contributed by atoms with Crippen LogP contribution in [0.1, 0.15) is 47.3 Å². The number of halogens is 2. The minimum absolute atomic E-state index is 0.0495. The summed E-state index contributed by atoms with van der Waals surface area (Å²) in [6.45, 7) is 0.0502. The number of aromatic nitrogens is 2. The molecule has 4 aromatic rings. The highest BCUT2D eigenvalue weighted by molar-refractivity contribution is 7.85. The van der Waals surface area contributed by atoms with Gasteiger partial charge in [0, 0.05) is 18.4 Å². The van der Waals surface area contributed by atoms with Crippen LogP contribution in [0, 0.1) is 11.6 Å². The van der Waals surface area contributed by atoms with E-state index >= 15 is 0 Å². The number of nitrogens with zero attached hydrogens (tertiary/aromatic N) is 2. The van der Waals surface area contributed by atoms with Gasteiger partial charge in [0.05, 0.1) is 12.4 Å². The second-order valence-electron chi connectivity index (χ2n) is 10.5. The number of hydrogen-bond acceptors (Lipinski definition) is 6. The largest absolute Gasteiger partial charge is 0.488 e. The molecule has 2 N–H and O–H groups in total. The molecule has 0 amide bonds. The summed E-state index contributed by atoms with van der Waals surface area (Å²) in [5.74, 6) is -2.24. The van der Waals surface area contributed by atoms with Crippen LogP contribution in [0.3, 0.4) is 0 Å². The van der Waals surface area contributed by atoms with Crippen LogP contribution >= 0.6 is 0 Å². The molecule has 1 aromatic heterocycles. The number of anilines is 1. The molecule has 0 aliphatic carbocycles. The van der Waals surface area contributed by atoms with E-state index in [2.05, 4.69) is 5.32 Å². The first kappa shape index (κ1) is 30.2. The fourth-order valence-corrected chi connectivity index (χ4v) is 5.66. The molecule has 0 saturated carbocycles. The van der Waals surface area contributed by atoms with E-state index in [1.165, 1.54) is 12.1 Å². The number of nitrogens with one attached hydrogen (secondary N) is 1. The van der Waals surface area contributed by atoms with Crippen LogP contribution in [0.2, 0.25) is 0 Å². The molecule has 8 nitrogen and oxygen atoms in total. The second kappa shape index (κ2) is 13.4. The number of carbonyl (C=O) groups excluding carboxylic acids is 1. The number of ether oxygens (including phenoxy) is 1. The average molecular weight is 609 g/mol. The van der Waals surface area contributed by atoms with Crippen molar-refractivity contribution in [2.75, 3.05) is 17.7 Å². The first-order valence-electron chi connectivity index (χ1n) is 14.1. The number of unbranched alkanes of at least 4 members (excludes halogenated alkanes) is 3. The molecule has 11 heteroatoms. The first-order chi connectivity index (χ1) is 20.7. The van der Waals surface area contributed by atoms with Crippen molar-refractivity contribution in [2.24, 2.45) is 0 Å². The summed E-state index contributed by atoms with van der Waals surface area (Å²) in [6.07, 6.45) is 4.10. The van der Waals surface area contributed by atoms with Crippen molar-refractivity contribution < 1.29 is 35.8 Å². The summed E-state index contributed by atoms with van der Waals surface area (Å²) >= 11 is 0. The van der Waals surface area contributed by atoms with Gasteiger partial charge < -0.3 is 4.74 Å². The Hall–Kier alpha value is -4.22. The Bertz CT molecular complexity index is 1680. The number of fused-ring (bicyclic) bond motifs is 1. The number of hydrogen-bond donors (Lipinski definition) is 2. The van der Waals surface area contributed by atoms with Crippen molar-refractivity contribution in [3.05, 3.63) is 107 Å². The topological polar surface area (TPSA) is 109 Å². The van der Waals surface area contributed by atoms with E-state index in [0.717, 1.165) is 11.1 Å². The highest BCUT2D eigenvalue weighted by Crippen LogP contribution is 2.28. The molecular formula is C32H32F2N3O5S+. The molecular weight excluding hydrogens is 576 g/mol. The van der Waals surface area contributed by atoms with Gasteiger partial charge in [0.15, 0.2) is 23.4 Å². The quantitative estimate of drug-likeness (QED) is 0.119. The molecule has 0 bridgehead atoms. The zero-order valence-corrected chi connectivity index (χ0v) is 24.2. The number of benzene rings is 3. The van der Waals surface area contributed by atoms with E-state index in [4.69, 9.17) is 14.3 Å². The second-order valence-corrected chi connectivity index (χ2v) is 12.1. The molecule has 1 atom stereocenters. The fraction of sp³-hybridized carbons (Fsp3) is 0.281. The van der Waals surface area contributed by atoms with E-state index in [9.17, 15) is 22.0 Å². The van der Waals surface area contributed by atoms with Gasteiger partial charge in [-0.05, 0) is 36.1 Å². The average Bonchev–Trinajstić information content (AvgIpc) is 3.29. The lowest BCUT2D eigenvalue weighted by Gasteiger charge is -2.11. The Morgan fingerprint density at radius 2 is 1.56 bits per heavy atom. The Balaban J connectivity index is 1.28. The van der Waals surface area contributed by atoms with Crippen molar-refractivity contribution in [1.29, 1.82) is 0 Å². The lowest BCUT2D eigenvalue weighted by atomic mass is 10.0. The molecule has 5 rings (SSSR count). The molecule has 1 unspecified atom stereocenters. The maximum Gasteiger partial charge on any atom is 0.359 e. The Morgan fingerprint density at radius 3 is 2.23 bits per heavy atom. The van der Waals surface area contributed by atoms with Gasteiger partial charge in [-0.25, -0.2) is 18.6 Å². The molecule has 0 fully saturated rings. The molecule has 1 aliphatic heterocycles. The SMILES string of the molecule is O=C1C(Cc2cc(F)c(OCCCCCCS(=O)(=O)O)c(F)c2)Nc2c(Cc3ccccc3)nc(-c3ccccc3)c[n+]21. The van der Waals surface area contributed by atoms with Crippen molar-refractivity contribution >= 4 is 21.8 Å². The maximum atomic E-state index is 14.9. The van der Waals surface area contributed by atoms with Crippen LogP contribution in [0.15, 0.2) is 79.0 Å². The summed E-state index contributed by atoms with van der Waals surface area (Å²) in [7, 11) is -3.99. The molecule has 43 heavy (non-hydrogen) atoms. The Kier molecular flexibility index (Phi) is 9.42. The third-order valence-electron chi connectivity index (χ3n) is 7.19. The van der Waals surface area contributed by atoms with Gasteiger partial charge in [0.2, 0.25) is 0 Å². The van der Waals surface area contributed by atoms with Crippen molar-refractivity contribution in [2.45, 2.75) is 44.6 Å². The zero-order chi connectivity index (χ0) is 30.4. The van der Waals surface area contributed by atoms with Gasteiger partial charge >= 0.3 is 11.7 Å². The molecule has 3 aromatic carbocycles. The summed E-state index contributed by atoms with van der Waals surface area (Å²) in [5.41, 5.74) is 3.51. The summed E-state index contributed by atoms with van der Waals surface area (Å²) < 4.78 is 66.9. The molecule has 1 aliphatic rings. The highest BCUT2D eigenvalue weighted by Gasteiger charge is 2.41. The van der Waals surface area contributed by atoms with Crippen LogP contribution in [0.5, 0.6) is 5.75 Å². The number of carbonyl (C=O) groups is 1. The van der Waals surface area contributed by atoms with E-state index in [0.29, 0.717) is 54.9 Å². The van der Waals surface area contributed by atoms with Crippen molar-refractivity contribution in [1.82, 2.24) is 4.98 Å². The first-order valence-corrected chi connectivity index (χ1v) is 15.7. The van der Waals surface area contributed by atoms with E-state index < -0.39 is 33.5 Å². The van der Waals surface area contributed by atoms with Crippen LogP contribution in [0.4, 0.5) is 14.6 Å². The molecule has 0 saturated heterocycles. The smallest absolute Gasteiger partial charge is 0.359 e. The maximum absolute atomic E-state index is 14.9. The summed E-state index contributed by atoms with van der Waals surface area (Å²) in [6, 6.07) is 20.9. The highest BCUT2D eigenvalue weighted by atomic mass is 32.2. The minimum atomic E-state index is -3.99. The molecule has 2 heterocycles. The van der Waals surface area contributed by atoms with E-state index in [1.807, 2.05) is 60.7 Å². The monoisotopic (exact) mass is 608 g/mol. The van der Waals surface area contributed by atoms with Gasteiger partial charge in [-0.3, -0.25) is 9.87 Å². The van der Waals surface area contributed by atoms with Crippen LogP contribution in [0.25, 0.3) is 11.3 Å². The van der Waals surface area contributed by atoms with Crippen LogP contribution in [-0.4, -0.2) is 42.3 Å². The predicted octanol–water partition coefficient (Wildman–Crippen LogP) is 5.41. The van der Waals surface area contributed by atoms with Gasteiger partial charge in [0.25, 0.3) is 10.1 Å². The van der Waals surface area contributed by atoms with Gasteiger partial charge in [-0.1, -0.05) is 73.5 Å². The van der Waals surface area contributed by atoms with E-state index in [-0.39, 0.29) is 24.7 Å². The van der Waals surface area contributed by atoms with Gasteiger partial charge in [0.1, 0.15) is 17.6 Å². The van der Waals surface area contributed by atoms with E-state index in [1.54, 1.807) is 10.8 Å². The Morgan fingerprint density at radius 1 is 0.907 bits per heavy atom. The molecule has 224 valence electrons. The summed E-state index contributed by atoms with van der Waals surface area (Å²) in [4.78, 5) is 18.4. The van der Waals surface area contributed by atoms with Gasteiger partial charge in [-0.2, -0.15) is 13.0 Å². The van der Waals surface area contributed by atoms with Crippen LogP contribution < -0.4 is 14.6 Å². The normalized spacial score (nSPS) is 14.4. The molecule has 0 radical (unpaired) electrons. The fourth-order valence-electron chi connectivity index (χ4n) is 5.09. The van der Waals surface area contributed by atoms with Crippen molar-refractivity contribution in [3.63, 3.8) is 0 Å². The number of rotatable bonds is 13. The Labute approximate surface area is 249 Å². The minimum Gasteiger partial charge on any atom is -0.488 e. The van der Waals surface area contributed by atoms with Crippen LogP contribution in [-0.2, 0) is 23.0 Å². The lowest BCUT2D eigenvalue weighted by Crippen LogP contribution is -2.44. The lowest BCUT2D eigenvalue weighted by molar-refractivity contribution is -0.552. The zero-order valence-electron chi connectivity index (χ0n) is 23.4.